The third kappa shape index (κ3) is 5.65. The third-order valence-electron chi connectivity index (χ3n) is 8.06. The van der Waals surface area contributed by atoms with Crippen molar-refractivity contribution in [3.63, 3.8) is 0 Å². The number of hydrogen-bond acceptors (Lipinski definition) is 7. The Morgan fingerprint density at radius 3 is 2.60 bits per heavy atom. The highest BCUT2D eigenvalue weighted by Crippen LogP contribution is 2.42. The van der Waals surface area contributed by atoms with Crippen LogP contribution in [-0.2, 0) is 23.1 Å². The van der Waals surface area contributed by atoms with Gasteiger partial charge in [-0.15, -0.1) is 0 Å². The molecule has 1 aliphatic heterocycles. The number of likely N-dealkylation sites (tertiary alicyclic amines) is 1. The van der Waals surface area contributed by atoms with Crippen LogP contribution in [-0.4, -0.2) is 77.6 Å². The molecular formula is C30H38N8O4. The monoisotopic (exact) mass is 574 g/mol. The molecular weight excluding hydrogens is 536 g/mol. The van der Waals surface area contributed by atoms with Crippen molar-refractivity contribution in [1.29, 1.82) is 0 Å². The Bertz CT molecular complexity index is 1530. The summed E-state index contributed by atoms with van der Waals surface area (Å²) in [5.74, 6) is -0.237. The number of aromatic nitrogens is 4. The maximum absolute atomic E-state index is 13.4. The molecule has 3 heterocycles. The smallest absolute Gasteiger partial charge is 0.407 e. The van der Waals surface area contributed by atoms with Crippen molar-refractivity contribution in [3.8, 4) is 11.4 Å². The zero-order valence-electron chi connectivity index (χ0n) is 24.7. The van der Waals surface area contributed by atoms with Gasteiger partial charge in [-0.1, -0.05) is 26.0 Å². The summed E-state index contributed by atoms with van der Waals surface area (Å²) in [5, 5.41) is 20.0. The van der Waals surface area contributed by atoms with E-state index in [2.05, 4.69) is 39.3 Å². The van der Waals surface area contributed by atoms with E-state index in [0.29, 0.717) is 49.4 Å². The number of aromatic amines is 1. The van der Waals surface area contributed by atoms with Crippen LogP contribution in [0, 0.1) is 0 Å². The fourth-order valence-corrected chi connectivity index (χ4v) is 6.27. The lowest BCUT2D eigenvalue weighted by Crippen LogP contribution is -2.55. The van der Waals surface area contributed by atoms with Gasteiger partial charge in [0.15, 0.2) is 5.69 Å². The predicted molar refractivity (Wildman–Crippen MR) is 158 cm³/mol. The molecule has 0 radical (unpaired) electrons. The molecule has 5 rings (SSSR count). The van der Waals surface area contributed by atoms with Gasteiger partial charge in [-0.2, -0.15) is 5.10 Å². The van der Waals surface area contributed by atoms with E-state index in [1.54, 1.807) is 29.3 Å². The molecule has 2 aliphatic rings. The number of rotatable bonds is 5. The van der Waals surface area contributed by atoms with Crippen molar-refractivity contribution in [2.75, 3.05) is 24.1 Å². The summed E-state index contributed by atoms with van der Waals surface area (Å²) in [4.78, 5) is 50.2. The molecule has 5 N–H and O–H groups in total. The summed E-state index contributed by atoms with van der Waals surface area (Å²) in [6.45, 7) is 10.8. The summed E-state index contributed by atoms with van der Waals surface area (Å²) >= 11 is 0. The van der Waals surface area contributed by atoms with E-state index in [0.717, 1.165) is 16.7 Å². The van der Waals surface area contributed by atoms with Crippen LogP contribution in [0.1, 0.15) is 74.6 Å². The number of nitrogen functional groups attached to an aromatic ring is 1. The molecule has 0 saturated carbocycles. The molecule has 12 heteroatoms. The molecule has 0 bridgehead atoms. The molecule has 3 aromatic rings. The first-order chi connectivity index (χ1) is 19.7. The number of fused-ring (bicyclic) bond motifs is 3. The van der Waals surface area contributed by atoms with Crippen LogP contribution in [0.15, 0.2) is 30.5 Å². The van der Waals surface area contributed by atoms with Gasteiger partial charge in [-0.3, -0.25) is 14.7 Å². The van der Waals surface area contributed by atoms with Gasteiger partial charge in [-0.25, -0.2) is 14.8 Å². The van der Waals surface area contributed by atoms with Crippen LogP contribution in [0.3, 0.4) is 0 Å². The molecule has 1 aliphatic carbocycles. The van der Waals surface area contributed by atoms with Crippen LogP contribution >= 0.6 is 0 Å². The van der Waals surface area contributed by atoms with Crippen molar-refractivity contribution >= 4 is 29.5 Å². The van der Waals surface area contributed by atoms with E-state index in [1.807, 2.05) is 26.8 Å². The Kier molecular flexibility index (Phi) is 7.42. The van der Waals surface area contributed by atoms with Gasteiger partial charge in [-0.05, 0) is 68.7 Å². The van der Waals surface area contributed by atoms with Crippen molar-refractivity contribution < 1.29 is 19.5 Å². The van der Waals surface area contributed by atoms with Gasteiger partial charge in [0, 0.05) is 42.1 Å². The Morgan fingerprint density at radius 1 is 1.21 bits per heavy atom. The van der Waals surface area contributed by atoms with Crippen molar-refractivity contribution in [3.05, 3.63) is 52.8 Å². The Balaban J connectivity index is 1.25. The minimum atomic E-state index is -0.937. The summed E-state index contributed by atoms with van der Waals surface area (Å²) in [7, 11) is 0. The molecule has 1 fully saturated rings. The summed E-state index contributed by atoms with van der Waals surface area (Å²) < 4.78 is 0. The highest BCUT2D eigenvalue weighted by atomic mass is 16.4. The lowest BCUT2D eigenvalue weighted by atomic mass is 9.73. The summed E-state index contributed by atoms with van der Waals surface area (Å²) in [6, 6.07) is 7.10. The number of carboxylic acid groups (broad SMARTS) is 1. The molecule has 222 valence electrons. The second-order valence-electron chi connectivity index (χ2n) is 12.8. The Labute approximate surface area is 244 Å². The minimum absolute atomic E-state index is 0.0300. The number of nitrogens with zero attached hydrogens (tertiary/aromatic N) is 5. The fourth-order valence-electron chi connectivity index (χ4n) is 6.27. The number of nitrogens with two attached hydrogens (primary N) is 1. The SMILES string of the molecule is CC1(C)Cc2cnc(N)nc2-c2[nH]nc(C(=O)Nc3cccc(CC(=O)N4CCC(N(C(=O)O)C(C)(C)C)CC4)c3)c21. The zero-order chi connectivity index (χ0) is 30.4. The first kappa shape index (κ1) is 29.0. The molecule has 1 saturated heterocycles. The van der Waals surface area contributed by atoms with Crippen LogP contribution in [0.2, 0.25) is 0 Å². The average molecular weight is 575 g/mol. The second-order valence-corrected chi connectivity index (χ2v) is 12.8. The lowest BCUT2D eigenvalue weighted by Gasteiger charge is -2.43. The topological polar surface area (TPSA) is 170 Å². The number of H-pyrrole nitrogens is 1. The second kappa shape index (κ2) is 10.7. The zero-order valence-corrected chi connectivity index (χ0v) is 24.7. The van der Waals surface area contributed by atoms with Gasteiger partial charge in [0.25, 0.3) is 5.91 Å². The number of carbonyl (C=O) groups is 3. The normalized spacial score (nSPS) is 16.4. The molecule has 2 aromatic heterocycles. The largest absolute Gasteiger partial charge is 0.465 e. The lowest BCUT2D eigenvalue weighted by molar-refractivity contribution is -0.132. The quantitative estimate of drug-likeness (QED) is 0.356. The first-order valence-corrected chi connectivity index (χ1v) is 14.2. The fraction of sp³-hybridized carbons (Fsp3) is 0.467. The highest BCUT2D eigenvalue weighted by Gasteiger charge is 2.39. The van der Waals surface area contributed by atoms with E-state index < -0.39 is 17.0 Å². The van der Waals surface area contributed by atoms with Crippen molar-refractivity contribution in [2.24, 2.45) is 0 Å². The average Bonchev–Trinajstić information content (AvgIpc) is 3.36. The standard InChI is InChI=1S/C30H38N8O4/c1-29(2,3)38(28(41)42)20-9-11-37(12-10-20)21(39)14-17-7-6-8-19(13-17)33-26(40)25-22-24(35-36-25)23-18(15-30(22,4)5)16-32-27(31)34-23/h6-8,13,16,20H,9-12,14-15H2,1-5H3,(H,33,40)(H,35,36)(H,41,42)(H2,31,32,34). The molecule has 0 unspecified atom stereocenters. The molecule has 3 amide bonds. The van der Waals surface area contributed by atoms with Gasteiger partial charge >= 0.3 is 6.09 Å². The number of nitrogens with one attached hydrogen (secondary N) is 2. The maximum atomic E-state index is 13.4. The van der Waals surface area contributed by atoms with Gasteiger partial charge in [0.2, 0.25) is 11.9 Å². The Hall–Kier alpha value is -4.48. The van der Waals surface area contributed by atoms with E-state index >= 15 is 0 Å². The number of hydrogen-bond donors (Lipinski definition) is 4. The molecule has 12 nitrogen and oxygen atoms in total. The van der Waals surface area contributed by atoms with Crippen molar-refractivity contribution in [2.45, 2.75) is 77.3 Å². The van der Waals surface area contributed by atoms with Crippen LogP contribution in [0.5, 0.6) is 0 Å². The third-order valence-corrected chi connectivity index (χ3v) is 8.06. The van der Waals surface area contributed by atoms with Gasteiger partial charge < -0.3 is 26.0 Å². The van der Waals surface area contributed by atoms with Crippen LogP contribution in [0.25, 0.3) is 11.4 Å². The number of carbonyl (C=O) groups excluding carboxylic acids is 2. The van der Waals surface area contributed by atoms with Gasteiger partial charge in [0.1, 0.15) is 0 Å². The number of amides is 3. The Morgan fingerprint density at radius 2 is 1.93 bits per heavy atom. The van der Waals surface area contributed by atoms with E-state index in [9.17, 15) is 19.5 Å². The van der Waals surface area contributed by atoms with E-state index in [1.165, 1.54) is 4.90 Å². The van der Waals surface area contributed by atoms with Crippen LogP contribution < -0.4 is 11.1 Å². The highest BCUT2D eigenvalue weighted by molar-refractivity contribution is 6.05. The van der Waals surface area contributed by atoms with Crippen molar-refractivity contribution in [1.82, 2.24) is 30.0 Å². The molecule has 42 heavy (non-hydrogen) atoms. The summed E-state index contributed by atoms with van der Waals surface area (Å²) in [5.41, 5.74) is 9.57. The van der Waals surface area contributed by atoms with E-state index in [-0.39, 0.29) is 35.9 Å². The van der Waals surface area contributed by atoms with Crippen LogP contribution in [0.4, 0.5) is 16.4 Å². The predicted octanol–water partition coefficient (Wildman–Crippen LogP) is 3.85. The molecule has 1 aromatic carbocycles. The first-order valence-electron chi connectivity index (χ1n) is 14.2. The summed E-state index contributed by atoms with van der Waals surface area (Å²) in [6.07, 6.45) is 2.79. The van der Waals surface area contributed by atoms with Gasteiger partial charge in [0.05, 0.1) is 17.8 Å². The number of piperidine rings is 1. The minimum Gasteiger partial charge on any atom is -0.465 e. The molecule has 0 spiro atoms. The number of anilines is 2. The maximum Gasteiger partial charge on any atom is 0.407 e. The van der Waals surface area contributed by atoms with E-state index in [4.69, 9.17) is 5.73 Å². The number of benzene rings is 1. The molecule has 0 atom stereocenters.